The van der Waals surface area contributed by atoms with Crippen molar-refractivity contribution in [2.45, 2.75) is 20.4 Å². The molecule has 34 heavy (non-hydrogen) atoms. The molecule has 0 aliphatic carbocycles. The van der Waals surface area contributed by atoms with E-state index < -0.39 is 20.9 Å². The third-order valence-electron chi connectivity index (χ3n) is 5.05. The molecule has 0 spiro atoms. The number of non-ortho nitro benzene ring substituents is 1. The molecule has 1 amide bonds. The van der Waals surface area contributed by atoms with Crippen molar-refractivity contribution < 1.29 is 22.9 Å². The minimum absolute atomic E-state index is 0.126. The number of amides is 1. The Morgan fingerprint density at radius 1 is 1.03 bits per heavy atom. The number of sulfonamides is 1. The summed E-state index contributed by atoms with van der Waals surface area (Å²) < 4.78 is 31.5. The number of hydrogen-bond donors (Lipinski definition) is 1. The maximum atomic E-state index is 12.4. The second-order valence-electron chi connectivity index (χ2n) is 7.84. The van der Waals surface area contributed by atoms with Gasteiger partial charge < -0.3 is 10.1 Å². The van der Waals surface area contributed by atoms with Crippen LogP contribution >= 0.6 is 0 Å². The molecule has 0 saturated carbocycles. The van der Waals surface area contributed by atoms with Crippen LogP contribution in [0.1, 0.15) is 16.7 Å². The summed E-state index contributed by atoms with van der Waals surface area (Å²) >= 11 is 0. The number of hydrogen-bond acceptors (Lipinski definition) is 6. The number of ether oxygens (including phenoxy) is 1. The highest BCUT2D eigenvalue weighted by atomic mass is 32.2. The van der Waals surface area contributed by atoms with Crippen molar-refractivity contribution in [2.24, 2.45) is 0 Å². The highest BCUT2D eigenvalue weighted by Gasteiger charge is 2.18. The fourth-order valence-corrected chi connectivity index (χ4v) is 4.05. The Hall–Kier alpha value is -3.92. The number of nitrogens with one attached hydrogen (secondary N) is 1. The van der Waals surface area contributed by atoms with Gasteiger partial charge in [0.05, 0.1) is 29.1 Å². The average Bonchev–Trinajstić information content (AvgIpc) is 2.78. The van der Waals surface area contributed by atoms with E-state index in [9.17, 15) is 23.3 Å². The Kier molecular flexibility index (Phi) is 7.52. The number of rotatable bonds is 9. The number of carbonyl (C=O) groups is 1. The van der Waals surface area contributed by atoms with Crippen LogP contribution in [-0.4, -0.2) is 32.1 Å². The molecule has 3 aromatic rings. The van der Waals surface area contributed by atoms with E-state index in [1.165, 1.54) is 16.4 Å². The monoisotopic (exact) mass is 483 g/mol. The lowest BCUT2D eigenvalue weighted by molar-refractivity contribution is -0.384. The van der Waals surface area contributed by atoms with Gasteiger partial charge in [0.2, 0.25) is 10.0 Å². The second-order valence-corrected chi connectivity index (χ2v) is 9.75. The van der Waals surface area contributed by atoms with E-state index in [4.69, 9.17) is 4.74 Å². The SMILES string of the molecule is Cc1ccc(CN(c2ccc(OCC(=O)Nc3cc([N+](=O)[O-])ccc3C)cc2)S(C)(=O)=O)cc1. The molecule has 9 nitrogen and oxygen atoms in total. The van der Waals surface area contributed by atoms with Crippen LogP contribution in [0.15, 0.2) is 66.7 Å². The molecule has 0 aliphatic heterocycles. The first-order chi connectivity index (χ1) is 16.0. The van der Waals surface area contributed by atoms with Crippen molar-refractivity contribution in [3.63, 3.8) is 0 Å². The summed E-state index contributed by atoms with van der Waals surface area (Å²) in [5.74, 6) is -0.108. The van der Waals surface area contributed by atoms with Crippen LogP contribution in [0.3, 0.4) is 0 Å². The minimum Gasteiger partial charge on any atom is -0.484 e. The van der Waals surface area contributed by atoms with Gasteiger partial charge in [-0.15, -0.1) is 0 Å². The predicted octanol–water partition coefficient (Wildman–Crippen LogP) is 4.20. The van der Waals surface area contributed by atoms with Crippen LogP contribution < -0.4 is 14.4 Å². The molecule has 0 aromatic heterocycles. The Morgan fingerprint density at radius 2 is 1.68 bits per heavy atom. The number of carbonyl (C=O) groups excluding carboxylic acids is 1. The summed E-state index contributed by atoms with van der Waals surface area (Å²) in [5.41, 5.74) is 3.28. The molecular weight excluding hydrogens is 458 g/mol. The van der Waals surface area contributed by atoms with Gasteiger partial charge in [-0.1, -0.05) is 35.9 Å². The fourth-order valence-electron chi connectivity index (χ4n) is 3.16. The number of nitro groups is 1. The lowest BCUT2D eigenvalue weighted by Gasteiger charge is -2.23. The van der Waals surface area contributed by atoms with Gasteiger partial charge in [0.1, 0.15) is 5.75 Å². The molecular formula is C24H25N3O6S. The van der Waals surface area contributed by atoms with Gasteiger partial charge in [-0.3, -0.25) is 19.2 Å². The topological polar surface area (TPSA) is 119 Å². The maximum absolute atomic E-state index is 12.4. The second kappa shape index (κ2) is 10.3. The number of nitrogens with zero attached hydrogens (tertiary/aromatic N) is 2. The molecule has 178 valence electrons. The third kappa shape index (κ3) is 6.55. The van der Waals surface area contributed by atoms with Gasteiger partial charge in [0, 0.05) is 12.1 Å². The lowest BCUT2D eigenvalue weighted by Crippen LogP contribution is -2.29. The molecule has 0 radical (unpaired) electrons. The van der Waals surface area contributed by atoms with Gasteiger partial charge in [-0.2, -0.15) is 0 Å². The molecule has 0 aliphatic rings. The summed E-state index contributed by atoms with van der Waals surface area (Å²) in [5, 5.41) is 13.5. The van der Waals surface area contributed by atoms with Crippen LogP contribution in [0.2, 0.25) is 0 Å². The Bertz CT molecular complexity index is 1290. The third-order valence-corrected chi connectivity index (χ3v) is 6.19. The summed E-state index contributed by atoms with van der Waals surface area (Å²) in [4.78, 5) is 22.7. The first-order valence-electron chi connectivity index (χ1n) is 10.3. The van der Waals surface area contributed by atoms with Crippen LogP contribution in [0.5, 0.6) is 5.75 Å². The van der Waals surface area contributed by atoms with Gasteiger partial charge >= 0.3 is 0 Å². The molecule has 0 unspecified atom stereocenters. The summed E-state index contributed by atoms with van der Waals surface area (Å²) in [6.07, 6.45) is 1.14. The molecule has 1 N–H and O–H groups in total. The Labute approximate surface area is 198 Å². The molecule has 0 bridgehead atoms. The first kappa shape index (κ1) is 24.7. The molecule has 0 saturated heterocycles. The zero-order valence-electron chi connectivity index (χ0n) is 19.0. The van der Waals surface area contributed by atoms with Gasteiger partial charge in [0.25, 0.3) is 11.6 Å². The van der Waals surface area contributed by atoms with E-state index in [1.54, 1.807) is 37.3 Å². The van der Waals surface area contributed by atoms with E-state index >= 15 is 0 Å². The van der Waals surface area contributed by atoms with Gasteiger partial charge in [0.15, 0.2) is 6.61 Å². The smallest absolute Gasteiger partial charge is 0.271 e. The standard InChI is InChI=1S/C24H25N3O6S/c1-17-4-7-19(8-5-17)15-26(34(3,31)32)20-10-12-22(13-11-20)33-16-24(28)25-23-14-21(27(29)30)9-6-18(23)2/h4-14H,15-16H2,1-3H3,(H,25,28). The largest absolute Gasteiger partial charge is 0.484 e. The normalized spacial score (nSPS) is 11.0. The summed E-state index contributed by atoms with van der Waals surface area (Å²) in [7, 11) is -3.53. The summed E-state index contributed by atoms with van der Waals surface area (Å²) in [6, 6.07) is 18.2. The van der Waals surface area contributed by atoms with Gasteiger partial charge in [-0.05, 0) is 49.2 Å². The van der Waals surface area contributed by atoms with E-state index in [1.807, 2.05) is 31.2 Å². The van der Waals surface area contributed by atoms with E-state index in [0.29, 0.717) is 22.7 Å². The zero-order valence-corrected chi connectivity index (χ0v) is 19.8. The Balaban J connectivity index is 1.65. The van der Waals surface area contributed by atoms with Crippen LogP contribution in [0, 0.1) is 24.0 Å². The maximum Gasteiger partial charge on any atom is 0.271 e. The van der Waals surface area contributed by atoms with Gasteiger partial charge in [-0.25, -0.2) is 8.42 Å². The predicted molar refractivity (Wildman–Crippen MR) is 131 cm³/mol. The molecule has 10 heteroatoms. The van der Waals surface area contributed by atoms with Crippen molar-refractivity contribution in [2.75, 3.05) is 22.5 Å². The van der Waals surface area contributed by atoms with Crippen LogP contribution in [0.25, 0.3) is 0 Å². The number of benzene rings is 3. The molecule has 3 aromatic carbocycles. The molecule has 0 atom stereocenters. The Morgan fingerprint density at radius 3 is 2.26 bits per heavy atom. The van der Waals surface area contributed by atoms with Crippen molar-refractivity contribution in [1.82, 2.24) is 0 Å². The average molecular weight is 484 g/mol. The minimum atomic E-state index is -3.53. The lowest BCUT2D eigenvalue weighted by atomic mass is 10.1. The van der Waals surface area contributed by atoms with E-state index in [2.05, 4.69) is 5.32 Å². The van der Waals surface area contributed by atoms with Crippen molar-refractivity contribution in [1.29, 1.82) is 0 Å². The fraction of sp³-hybridized carbons (Fsp3) is 0.208. The van der Waals surface area contributed by atoms with Crippen LogP contribution in [-0.2, 0) is 21.4 Å². The molecule has 0 heterocycles. The number of aryl methyl sites for hydroxylation is 2. The zero-order chi connectivity index (χ0) is 24.9. The quantitative estimate of drug-likeness (QED) is 0.360. The van der Waals surface area contributed by atoms with Crippen LogP contribution in [0.4, 0.5) is 17.1 Å². The number of nitro benzene ring substituents is 1. The van der Waals surface area contributed by atoms with Crippen molar-refractivity contribution in [3.8, 4) is 5.75 Å². The van der Waals surface area contributed by atoms with Crippen molar-refractivity contribution in [3.05, 3.63) is 93.5 Å². The van der Waals surface area contributed by atoms with Crippen molar-refractivity contribution >= 4 is 33.0 Å². The van der Waals surface area contributed by atoms with E-state index in [-0.39, 0.29) is 18.8 Å². The molecule has 3 rings (SSSR count). The molecule has 0 fully saturated rings. The first-order valence-corrected chi connectivity index (χ1v) is 12.2. The van der Waals surface area contributed by atoms with E-state index in [0.717, 1.165) is 17.4 Å². The number of anilines is 2. The summed E-state index contributed by atoms with van der Waals surface area (Å²) in [6.45, 7) is 3.55. The highest BCUT2D eigenvalue weighted by Crippen LogP contribution is 2.25. The highest BCUT2D eigenvalue weighted by molar-refractivity contribution is 7.92.